The molecule has 0 fully saturated rings. The lowest BCUT2D eigenvalue weighted by Crippen LogP contribution is -1.91. The third-order valence-corrected chi connectivity index (χ3v) is 3.57. The number of thiol groups is 3. The van der Waals surface area contributed by atoms with Gasteiger partial charge >= 0.3 is 0 Å². The molecule has 70 valence electrons. The lowest BCUT2D eigenvalue weighted by molar-refractivity contribution is 1.16. The monoisotopic (exact) mass is 258 g/mol. The SMILES string of the molecule is N#Cc1c(S)c(Cl)c(S)c(C#N)c1S. The number of benzene rings is 1. The minimum absolute atomic E-state index is 0.191. The molecule has 1 aromatic rings. The standard InChI is InChI=1S/C8H3ClN2S3/c9-5-7(13)3(1-10)6(12)4(2-11)8(5)14/h12-14H. The minimum Gasteiger partial charge on any atom is -0.192 e. The molecule has 0 saturated carbocycles. The zero-order chi connectivity index (χ0) is 10.9. The van der Waals surface area contributed by atoms with E-state index in [1.807, 2.05) is 12.1 Å². The van der Waals surface area contributed by atoms with Crippen molar-refractivity contribution in [1.29, 1.82) is 10.5 Å². The lowest BCUT2D eigenvalue weighted by Gasteiger charge is -2.08. The number of hydrogen-bond acceptors (Lipinski definition) is 5. The molecule has 0 aliphatic rings. The van der Waals surface area contributed by atoms with Gasteiger partial charge in [0.2, 0.25) is 0 Å². The molecular formula is C8H3ClN2S3. The number of nitrogens with zero attached hydrogens (tertiary/aromatic N) is 2. The number of rotatable bonds is 0. The average molecular weight is 259 g/mol. The molecule has 0 unspecified atom stereocenters. The fourth-order valence-electron chi connectivity index (χ4n) is 0.893. The second-order valence-corrected chi connectivity index (χ2v) is 4.05. The van der Waals surface area contributed by atoms with Gasteiger partial charge < -0.3 is 0 Å². The van der Waals surface area contributed by atoms with Crippen molar-refractivity contribution in [3.8, 4) is 12.1 Å². The maximum absolute atomic E-state index is 8.79. The van der Waals surface area contributed by atoms with Crippen molar-refractivity contribution in [2.45, 2.75) is 14.7 Å². The van der Waals surface area contributed by atoms with E-state index in [2.05, 4.69) is 37.9 Å². The summed E-state index contributed by atoms with van der Waals surface area (Å²) in [6.45, 7) is 0. The Labute approximate surface area is 103 Å². The molecule has 0 atom stereocenters. The van der Waals surface area contributed by atoms with Crippen LogP contribution in [0.4, 0.5) is 0 Å². The summed E-state index contributed by atoms with van der Waals surface area (Å²) in [4.78, 5) is 0.848. The summed E-state index contributed by atoms with van der Waals surface area (Å²) in [6.07, 6.45) is 0. The quantitative estimate of drug-likeness (QED) is 0.627. The smallest absolute Gasteiger partial charge is 0.102 e. The van der Waals surface area contributed by atoms with E-state index in [4.69, 9.17) is 22.1 Å². The molecule has 0 saturated heterocycles. The van der Waals surface area contributed by atoms with E-state index in [9.17, 15) is 0 Å². The van der Waals surface area contributed by atoms with Crippen LogP contribution in [0, 0.1) is 22.7 Å². The van der Waals surface area contributed by atoms with Gasteiger partial charge in [-0.25, -0.2) is 0 Å². The van der Waals surface area contributed by atoms with E-state index in [0.29, 0.717) is 9.79 Å². The van der Waals surface area contributed by atoms with Gasteiger partial charge in [-0.15, -0.1) is 37.9 Å². The Kier molecular flexibility index (Phi) is 3.63. The topological polar surface area (TPSA) is 47.6 Å². The molecule has 1 aromatic carbocycles. The Bertz CT molecular complexity index is 444. The molecule has 6 heteroatoms. The van der Waals surface area contributed by atoms with Gasteiger partial charge in [0.05, 0.1) is 16.1 Å². The van der Waals surface area contributed by atoms with Gasteiger partial charge in [0.1, 0.15) is 12.1 Å². The molecule has 0 spiro atoms. The molecule has 0 amide bonds. The molecule has 0 radical (unpaired) electrons. The Morgan fingerprint density at radius 3 is 1.50 bits per heavy atom. The van der Waals surface area contributed by atoms with Crippen LogP contribution in [-0.2, 0) is 0 Å². The maximum Gasteiger partial charge on any atom is 0.102 e. The molecule has 0 heterocycles. The minimum atomic E-state index is 0.191. The molecule has 0 bridgehead atoms. The third kappa shape index (κ3) is 1.69. The molecule has 1 rings (SSSR count). The van der Waals surface area contributed by atoms with Crippen LogP contribution in [0.3, 0.4) is 0 Å². The van der Waals surface area contributed by atoms with E-state index < -0.39 is 0 Å². The van der Waals surface area contributed by atoms with Gasteiger partial charge in [-0.1, -0.05) is 11.6 Å². The summed E-state index contributed by atoms with van der Waals surface area (Å²) in [5.41, 5.74) is 0.382. The van der Waals surface area contributed by atoms with Crippen LogP contribution in [-0.4, -0.2) is 0 Å². The Hall–Kier alpha value is -0.460. The van der Waals surface area contributed by atoms with Crippen molar-refractivity contribution in [2.24, 2.45) is 0 Å². The Morgan fingerprint density at radius 1 is 0.857 bits per heavy atom. The molecule has 14 heavy (non-hydrogen) atoms. The first-order valence-electron chi connectivity index (χ1n) is 3.31. The number of nitriles is 2. The van der Waals surface area contributed by atoms with Gasteiger partial charge in [-0.2, -0.15) is 10.5 Å². The molecule has 0 aliphatic carbocycles. The fourth-order valence-corrected chi connectivity index (χ4v) is 2.22. The first kappa shape index (κ1) is 11.6. The second-order valence-electron chi connectivity index (χ2n) is 2.33. The van der Waals surface area contributed by atoms with Crippen LogP contribution in [0.2, 0.25) is 5.02 Å². The number of hydrogen-bond donors (Lipinski definition) is 3. The molecular weight excluding hydrogens is 256 g/mol. The predicted octanol–water partition coefficient (Wildman–Crippen LogP) is 2.95. The summed E-state index contributed by atoms with van der Waals surface area (Å²) in [6, 6.07) is 3.77. The second kappa shape index (κ2) is 4.37. The highest BCUT2D eigenvalue weighted by Gasteiger charge is 2.17. The van der Waals surface area contributed by atoms with E-state index in [0.717, 1.165) is 0 Å². The highest BCUT2D eigenvalue weighted by atomic mass is 35.5. The van der Waals surface area contributed by atoms with Crippen LogP contribution < -0.4 is 0 Å². The Balaban J connectivity index is 3.78. The lowest BCUT2D eigenvalue weighted by atomic mass is 10.1. The summed E-state index contributed by atoms with van der Waals surface area (Å²) in [5, 5.41) is 17.8. The van der Waals surface area contributed by atoms with Crippen LogP contribution in [0.5, 0.6) is 0 Å². The number of halogens is 1. The van der Waals surface area contributed by atoms with Gasteiger partial charge in [-0.05, 0) is 0 Å². The van der Waals surface area contributed by atoms with Crippen molar-refractivity contribution in [1.82, 2.24) is 0 Å². The summed E-state index contributed by atoms with van der Waals surface area (Å²) in [5.74, 6) is 0. The molecule has 0 aliphatic heterocycles. The van der Waals surface area contributed by atoms with Crippen molar-refractivity contribution in [3.63, 3.8) is 0 Å². The zero-order valence-electron chi connectivity index (χ0n) is 6.61. The molecule has 0 N–H and O–H groups in total. The van der Waals surface area contributed by atoms with Crippen molar-refractivity contribution in [2.75, 3.05) is 0 Å². The fraction of sp³-hybridized carbons (Fsp3) is 0. The van der Waals surface area contributed by atoms with Crippen molar-refractivity contribution >= 4 is 49.5 Å². The summed E-state index contributed by atoms with van der Waals surface area (Å²) in [7, 11) is 0. The van der Waals surface area contributed by atoms with Gasteiger partial charge in [-0.3, -0.25) is 0 Å². The van der Waals surface area contributed by atoms with Crippen LogP contribution in [0.1, 0.15) is 11.1 Å². The van der Waals surface area contributed by atoms with Crippen LogP contribution in [0.25, 0.3) is 0 Å². The van der Waals surface area contributed by atoms with E-state index in [-0.39, 0.29) is 21.0 Å². The molecule has 0 aromatic heterocycles. The first-order chi connectivity index (χ1) is 6.54. The van der Waals surface area contributed by atoms with Gasteiger partial charge in [0.15, 0.2) is 0 Å². The van der Waals surface area contributed by atoms with Gasteiger partial charge in [0.25, 0.3) is 0 Å². The normalized spacial score (nSPS) is 9.29. The first-order valence-corrected chi connectivity index (χ1v) is 5.03. The summed E-state index contributed by atoms with van der Waals surface area (Å²) < 4.78 is 0. The van der Waals surface area contributed by atoms with Crippen LogP contribution in [0.15, 0.2) is 14.7 Å². The van der Waals surface area contributed by atoms with Crippen LogP contribution >= 0.6 is 49.5 Å². The van der Waals surface area contributed by atoms with E-state index in [1.54, 1.807) is 0 Å². The van der Waals surface area contributed by atoms with Gasteiger partial charge in [0, 0.05) is 14.7 Å². The highest BCUT2D eigenvalue weighted by molar-refractivity contribution is 7.82. The molecule has 2 nitrogen and oxygen atoms in total. The van der Waals surface area contributed by atoms with Crippen molar-refractivity contribution in [3.05, 3.63) is 16.1 Å². The predicted molar refractivity (Wildman–Crippen MR) is 62.6 cm³/mol. The Morgan fingerprint density at radius 2 is 1.21 bits per heavy atom. The van der Waals surface area contributed by atoms with Crippen molar-refractivity contribution < 1.29 is 0 Å². The zero-order valence-corrected chi connectivity index (χ0v) is 10.1. The van der Waals surface area contributed by atoms with E-state index >= 15 is 0 Å². The summed E-state index contributed by atoms with van der Waals surface area (Å²) >= 11 is 18.0. The van der Waals surface area contributed by atoms with E-state index in [1.165, 1.54) is 0 Å². The largest absolute Gasteiger partial charge is 0.192 e. The average Bonchev–Trinajstić information content (AvgIpc) is 2.16. The maximum atomic E-state index is 8.79. The highest BCUT2D eigenvalue weighted by Crippen LogP contribution is 2.37. The third-order valence-electron chi connectivity index (χ3n) is 1.59.